The van der Waals surface area contributed by atoms with Crippen molar-refractivity contribution >= 4 is 54.6 Å². The first-order valence-electron chi connectivity index (χ1n) is 6.70. The maximum Gasteiger partial charge on any atom is 0.236 e. The molecule has 4 aromatic rings. The molecule has 8 heteroatoms. The van der Waals surface area contributed by atoms with Crippen LogP contribution in [-0.4, -0.2) is 19.8 Å². The minimum atomic E-state index is 0.673. The average molecular weight is 407 g/mol. The largest absolute Gasteiger partial charge is 0.330 e. The molecule has 0 aliphatic rings. The summed E-state index contributed by atoms with van der Waals surface area (Å²) in [5, 5.41) is 17.6. The predicted molar refractivity (Wildman–Crippen MR) is 96.5 cm³/mol. The van der Waals surface area contributed by atoms with E-state index >= 15 is 0 Å². The maximum absolute atomic E-state index is 6.00. The second-order valence-corrected chi connectivity index (χ2v) is 6.99. The summed E-state index contributed by atoms with van der Waals surface area (Å²) in [6, 6.07) is 15.4. The molecule has 0 saturated carbocycles. The Morgan fingerprint density at radius 1 is 1.09 bits per heavy atom. The molecule has 0 unspecified atom stereocenters. The van der Waals surface area contributed by atoms with E-state index in [1.165, 1.54) is 11.3 Å². The molecule has 23 heavy (non-hydrogen) atoms. The molecule has 0 aliphatic carbocycles. The lowest BCUT2D eigenvalue weighted by Crippen LogP contribution is -1.94. The van der Waals surface area contributed by atoms with Crippen LogP contribution in [0.1, 0.15) is 0 Å². The third kappa shape index (κ3) is 2.83. The zero-order chi connectivity index (χ0) is 15.8. The molecule has 4 rings (SSSR count). The van der Waals surface area contributed by atoms with Crippen LogP contribution in [0.3, 0.4) is 0 Å². The van der Waals surface area contributed by atoms with Gasteiger partial charge in [0.2, 0.25) is 10.1 Å². The number of hydrogen-bond acceptors (Lipinski definition) is 5. The van der Waals surface area contributed by atoms with Crippen LogP contribution in [0, 0.1) is 0 Å². The van der Waals surface area contributed by atoms with Gasteiger partial charge in [0, 0.05) is 20.7 Å². The van der Waals surface area contributed by atoms with Crippen LogP contribution >= 0.6 is 38.9 Å². The van der Waals surface area contributed by atoms with E-state index in [4.69, 9.17) is 11.6 Å². The second-order valence-electron chi connectivity index (χ2n) is 4.74. The zero-order valence-electron chi connectivity index (χ0n) is 11.6. The van der Waals surface area contributed by atoms with Gasteiger partial charge in [-0.05, 0) is 30.3 Å². The number of halogens is 2. The minimum Gasteiger partial charge on any atom is -0.330 e. The molecule has 114 valence electrons. The van der Waals surface area contributed by atoms with E-state index in [1.807, 2.05) is 48.5 Å². The highest BCUT2D eigenvalue weighted by Crippen LogP contribution is 2.30. The fourth-order valence-electron chi connectivity index (χ4n) is 2.17. The molecule has 2 heterocycles. The second kappa shape index (κ2) is 5.92. The van der Waals surface area contributed by atoms with E-state index in [-0.39, 0.29) is 0 Å². The number of hydrogen-bond donors (Lipinski definition) is 1. The van der Waals surface area contributed by atoms with Crippen molar-refractivity contribution in [3.63, 3.8) is 0 Å². The van der Waals surface area contributed by atoms with Gasteiger partial charge < -0.3 is 5.32 Å². The van der Waals surface area contributed by atoms with Crippen molar-refractivity contribution in [1.82, 2.24) is 19.8 Å². The fraction of sp³-hybridized carbons (Fsp3) is 0. The van der Waals surface area contributed by atoms with Crippen LogP contribution in [0.2, 0.25) is 5.02 Å². The number of aromatic nitrogens is 4. The Kier molecular flexibility index (Phi) is 3.76. The van der Waals surface area contributed by atoms with Crippen LogP contribution < -0.4 is 5.32 Å². The van der Waals surface area contributed by atoms with Crippen molar-refractivity contribution in [2.24, 2.45) is 0 Å². The van der Waals surface area contributed by atoms with Gasteiger partial charge in [-0.15, -0.1) is 15.3 Å². The lowest BCUT2D eigenvalue weighted by Gasteiger charge is -2.02. The fourth-order valence-corrected chi connectivity index (χ4v) is 3.58. The SMILES string of the molecule is Clc1cccc(Nc2nn3c(-c4ccccc4Br)nnc3s2)c1. The molecule has 0 aliphatic heterocycles. The molecule has 2 aromatic heterocycles. The van der Waals surface area contributed by atoms with Crippen LogP contribution in [0.4, 0.5) is 10.8 Å². The van der Waals surface area contributed by atoms with Gasteiger partial charge in [0.1, 0.15) is 0 Å². The van der Waals surface area contributed by atoms with Gasteiger partial charge in [0.05, 0.1) is 0 Å². The van der Waals surface area contributed by atoms with Gasteiger partial charge in [-0.3, -0.25) is 0 Å². The highest BCUT2D eigenvalue weighted by Gasteiger charge is 2.15. The topological polar surface area (TPSA) is 55.1 Å². The normalized spacial score (nSPS) is 11.0. The summed E-state index contributed by atoms with van der Waals surface area (Å²) in [7, 11) is 0. The van der Waals surface area contributed by atoms with Gasteiger partial charge in [-0.1, -0.05) is 57.1 Å². The summed E-state index contributed by atoms with van der Waals surface area (Å²) >= 11 is 11.0. The Balaban J connectivity index is 1.74. The molecular formula is C15H9BrClN5S. The van der Waals surface area contributed by atoms with Gasteiger partial charge in [-0.25, -0.2) is 0 Å². The van der Waals surface area contributed by atoms with Crippen molar-refractivity contribution in [3.8, 4) is 11.4 Å². The lowest BCUT2D eigenvalue weighted by molar-refractivity contribution is 0.969. The number of nitrogens with zero attached hydrogens (tertiary/aromatic N) is 4. The molecular weight excluding hydrogens is 398 g/mol. The van der Waals surface area contributed by atoms with E-state index in [2.05, 4.69) is 36.5 Å². The first-order chi connectivity index (χ1) is 11.2. The van der Waals surface area contributed by atoms with Crippen molar-refractivity contribution < 1.29 is 0 Å². The standard InChI is InChI=1S/C15H9BrClN5S/c16-12-7-2-1-6-11(12)13-19-20-15-22(13)21-14(23-15)18-10-5-3-4-9(17)8-10/h1-8H,(H,18,21). The van der Waals surface area contributed by atoms with Crippen molar-refractivity contribution in [2.75, 3.05) is 5.32 Å². The monoisotopic (exact) mass is 405 g/mol. The molecule has 0 saturated heterocycles. The number of anilines is 2. The van der Waals surface area contributed by atoms with Crippen LogP contribution in [0.15, 0.2) is 53.0 Å². The highest BCUT2D eigenvalue weighted by atomic mass is 79.9. The van der Waals surface area contributed by atoms with Gasteiger partial charge in [-0.2, -0.15) is 4.52 Å². The lowest BCUT2D eigenvalue weighted by atomic mass is 10.2. The first-order valence-corrected chi connectivity index (χ1v) is 8.69. The van der Waals surface area contributed by atoms with Gasteiger partial charge >= 0.3 is 0 Å². The summed E-state index contributed by atoms with van der Waals surface area (Å²) in [4.78, 5) is 0.722. The summed E-state index contributed by atoms with van der Waals surface area (Å²) in [6.45, 7) is 0. The Labute approximate surface area is 149 Å². The summed E-state index contributed by atoms with van der Waals surface area (Å²) in [6.07, 6.45) is 0. The molecule has 0 radical (unpaired) electrons. The summed E-state index contributed by atoms with van der Waals surface area (Å²) in [5.74, 6) is 0.697. The molecule has 0 fully saturated rings. The molecule has 0 spiro atoms. The average Bonchev–Trinajstić information content (AvgIpc) is 3.08. The quantitative estimate of drug-likeness (QED) is 0.519. The van der Waals surface area contributed by atoms with Gasteiger partial charge in [0.15, 0.2) is 5.82 Å². The molecule has 0 bridgehead atoms. The van der Waals surface area contributed by atoms with Crippen LogP contribution in [0.5, 0.6) is 0 Å². The number of nitrogens with one attached hydrogen (secondary N) is 1. The van der Waals surface area contributed by atoms with E-state index < -0.39 is 0 Å². The summed E-state index contributed by atoms with van der Waals surface area (Å²) in [5.41, 5.74) is 1.82. The Morgan fingerprint density at radius 3 is 2.78 bits per heavy atom. The van der Waals surface area contributed by atoms with Crippen molar-refractivity contribution in [2.45, 2.75) is 0 Å². The van der Waals surface area contributed by atoms with Crippen molar-refractivity contribution in [3.05, 3.63) is 58.0 Å². The van der Waals surface area contributed by atoms with Crippen molar-refractivity contribution in [1.29, 1.82) is 0 Å². The Morgan fingerprint density at radius 2 is 1.96 bits per heavy atom. The highest BCUT2D eigenvalue weighted by molar-refractivity contribution is 9.10. The van der Waals surface area contributed by atoms with E-state index in [0.717, 1.165) is 25.8 Å². The van der Waals surface area contributed by atoms with E-state index in [1.54, 1.807) is 4.52 Å². The van der Waals surface area contributed by atoms with E-state index in [0.29, 0.717) is 10.8 Å². The van der Waals surface area contributed by atoms with E-state index in [9.17, 15) is 0 Å². The number of fused-ring (bicyclic) bond motifs is 1. The molecule has 5 nitrogen and oxygen atoms in total. The Bertz CT molecular complexity index is 996. The maximum atomic E-state index is 6.00. The molecule has 2 aromatic carbocycles. The predicted octanol–water partition coefficient (Wildman–Crippen LogP) is 5.01. The number of benzene rings is 2. The molecule has 0 atom stereocenters. The summed E-state index contributed by atoms with van der Waals surface area (Å²) < 4.78 is 2.68. The van der Waals surface area contributed by atoms with Crippen LogP contribution in [0.25, 0.3) is 16.3 Å². The third-order valence-electron chi connectivity index (χ3n) is 3.18. The Hall–Kier alpha value is -1.96. The third-order valence-corrected chi connectivity index (χ3v) is 4.92. The minimum absolute atomic E-state index is 0.673. The smallest absolute Gasteiger partial charge is 0.236 e. The first kappa shape index (κ1) is 14.6. The number of rotatable bonds is 3. The molecule has 1 N–H and O–H groups in total. The zero-order valence-corrected chi connectivity index (χ0v) is 14.7. The molecule has 0 amide bonds. The van der Waals surface area contributed by atoms with Crippen LogP contribution in [-0.2, 0) is 0 Å². The van der Waals surface area contributed by atoms with Gasteiger partial charge in [0.25, 0.3) is 0 Å².